The first-order chi connectivity index (χ1) is 8.29. The third-order valence-corrected chi connectivity index (χ3v) is 2.50. The molecule has 0 aromatic rings. The summed E-state index contributed by atoms with van der Waals surface area (Å²) in [6.07, 6.45) is -0.0904. The third-order valence-electron chi connectivity index (χ3n) is 2.50. The first kappa shape index (κ1) is 16.4. The topological polar surface area (TPSA) is 104 Å². The molecule has 0 aliphatic carbocycles. The number of carboxylic acids is 1. The molecule has 0 aliphatic rings. The van der Waals surface area contributed by atoms with Crippen molar-refractivity contribution in [3.05, 3.63) is 0 Å². The number of carboxylic acid groups (broad SMARTS) is 1. The fraction of sp³-hybridized carbons (Fsp3) is 0.727. The molecule has 1 atom stereocenters. The molecule has 0 saturated carbocycles. The van der Waals surface area contributed by atoms with Gasteiger partial charge >= 0.3 is 5.97 Å². The maximum Gasteiger partial charge on any atom is 0.303 e. The Labute approximate surface area is 107 Å². The molecule has 0 aromatic heterocycles. The number of amides is 2. The number of hydrogen-bond donors (Lipinski definition) is 2. The van der Waals surface area contributed by atoms with Crippen LogP contribution in [0.4, 0.5) is 0 Å². The smallest absolute Gasteiger partial charge is 0.303 e. The number of carbonyl (C=O) groups is 3. The number of nitrogens with zero attached hydrogens (tertiary/aromatic N) is 2. The summed E-state index contributed by atoms with van der Waals surface area (Å²) in [6.45, 7) is 2.06. The normalized spacial score (nSPS) is 11.8. The largest absolute Gasteiger partial charge is 0.481 e. The molecule has 0 bridgehead atoms. The summed E-state index contributed by atoms with van der Waals surface area (Å²) in [5.74, 6) is -1.59. The average Bonchev–Trinajstić information content (AvgIpc) is 2.31. The van der Waals surface area contributed by atoms with E-state index in [0.717, 1.165) is 0 Å². The predicted molar refractivity (Wildman–Crippen MR) is 65.8 cm³/mol. The van der Waals surface area contributed by atoms with Crippen molar-refractivity contribution in [3.63, 3.8) is 0 Å². The number of hydrogen-bond acceptors (Lipinski definition) is 4. The second-order valence-electron chi connectivity index (χ2n) is 4.18. The first-order valence-electron chi connectivity index (χ1n) is 5.75. The Morgan fingerprint density at radius 1 is 1.28 bits per heavy atom. The average molecular weight is 259 g/mol. The molecule has 104 valence electrons. The highest BCUT2D eigenvalue weighted by Gasteiger charge is 2.22. The number of aliphatic carboxylic acids is 1. The van der Waals surface area contributed by atoms with E-state index in [0.29, 0.717) is 6.54 Å². The van der Waals surface area contributed by atoms with Gasteiger partial charge in [0, 0.05) is 27.1 Å². The first-order valence-corrected chi connectivity index (χ1v) is 5.75. The molecule has 0 saturated heterocycles. The van der Waals surface area contributed by atoms with E-state index in [9.17, 15) is 14.4 Å². The fourth-order valence-electron chi connectivity index (χ4n) is 1.29. The van der Waals surface area contributed by atoms with Gasteiger partial charge in [-0.15, -0.1) is 0 Å². The number of carbonyl (C=O) groups excluding carboxylic acids is 2. The Balaban J connectivity index is 4.41. The van der Waals surface area contributed by atoms with Crippen LogP contribution >= 0.6 is 0 Å². The molecule has 3 N–H and O–H groups in total. The van der Waals surface area contributed by atoms with Crippen LogP contribution in [-0.2, 0) is 14.4 Å². The molecule has 0 aliphatic heterocycles. The minimum absolute atomic E-state index is 0.0386. The fourth-order valence-corrected chi connectivity index (χ4v) is 1.29. The van der Waals surface area contributed by atoms with E-state index in [1.807, 2.05) is 0 Å². The molecule has 0 radical (unpaired) electrons. The SMILES string of the molecule is CCN(CC(=O)N(C)C)C(=O)C(N)CCC(=O)O. The van der Waals surface area contributed by atoms with Crippen molar-refractivity contribution >= 4 is 17.8 Å². The van der Waals surface area contributed by atoms with Crippen LogP contribution in [0.5, 0.6) is 0 Å². The quantitative estimate of drug-likeness (QED) is 0.617. The molecule has 0 spiro atoms. The van der Waals surface area contributed by atoms with Crippen molar-refractivity contribution in [1.29, 1.82) is 0 Å². The second kappa shape index (κ2) is 7.65. The summed E-state index contributed by atoms with van der Waals surface area (Å²) >= 11 is 0. The van der Waals surface area contributed by atoms with Crippen molar-refractivity contribution in [2.45, 2.75) is 25.8 Å². The van der Waals surface area contributed by atoms with Crippen molar-refractivity contribution in [2.75, 3.05) is 27.2 Å². The number of rotatable bonds is 7. The van der Waals surface area contributed by atoms with Gasteiger partial charge in [-0.3, -0.25) is 14.4 Å². The lowest BCUT2D eigenvalue weighted by atomic mass is 10.1. The summed E-state index contributed by atoms with van der Waals surface area (Å²) < 4.78 is 0. The standard InChI is InChI=1S/C11H21N3O4/c1-4-14(7-9(15)13(2)3)11(18)8(12)5-6-10(16)17/h8H,4-7,12H2,1-3H3,(H,16,17). The van der Waals surface area contributed by atoms with Gasteiger partial charge in [-0.25, -0.2) is 0 Å². The van der Waals surface area contributed by atoms with Crippen molar-refractivity contribution in [1.82, 2.24) is 9.80 Å². The van der Waals surface area contributed by atoms with Crippen LogP contribution in [0, 0.1) is 0 Å². The Bertz CT molecular complexity index is 317. The molecule has 0 rings (SSSR count). The summed E-state index contributed by atoms with van der Waals surface area (Å²) in [6, 6.07) is -0.879. The summed E-state index contributed by atoms with van der Waals surface area (Å²) in [4.78, 5) is 36.5. The van der Waals surface area contributed by atoms with Crippen LogP contribution in [0.3, 0.4) is 0 Å². The highest BCUT2D eigenvalue weighted by molar-refractivity contribution is 5.87. The van der Waals surface area contributed by atoms with Gasteiger partial charge in [-0.1, -0.05) is 0 Å². The van der Waals surface area contributed by atoms with E-state index < -0.39 is 17.9 Å². The molecule has 0 heterocycles. The van der Waals surface area contributed by atoms with E-state index in [1.54, 1.807) is 21.0 Å². The molecule has 7 nitrogen and oxygen atoms in total. The maximum atomic E-state index is 11.9. The number of nitrogens with two attached hydrogens (primary N) is 1. The van der Waals surface area contributed by atoms with Gasteiger partial charge in [0.2, 0.25) is 11.8 Å². The molecular weight excluding hydrogens is 238 g/mol. The van der Waals surface area contributed by atoms with Crippen LogP contribution in [0.1, 0.15) is 19.8 Å². The highest BCUT2D eigenvalue weighted by Crippen LogP contribution is 2.01. The summed E-state index contributed by atoms with van der Waals surface area (Å²) in [5.41, 5.74) is 5.61. The predicted octanol–water partition coefficient (Wildman–Crippen LogP) is -0.885. The van der Waals surface area contributed by atoms with E-state index in [-0.39, 0.29) is 25.3 Å². The highest BCUT2D eigenvalue weighted by atomic mass is 16.4. The van der Waals surface area contributed by atoms with Gasteiger partial charge in [-0.2, -0.15) is 0 Å². The Morgan fingerprint density at radius 2 is 1.83 bits per heavy atom. The lowest BCUT2D eigenvalue weighted by Crippen LogP contribution is -2.47. The Morgan fingerprint density at radius 3 is 2.22 bits per heavy atom. The summed E-state index contributed by atoms with van der Waals surface area (Å²) in [7, 11) is 3.20. The van der Waals surface area contributed by atoms with Crippen LogP contribution in [0.15, 0.2) is 0 Å². The Hall–Kier alpha value is -1.63. The molecule has 7 heteroatoms. The zero-order valence-corrected chi connectivity index (χ0v) is 11.0. The van der Waals surface area contributed by atoms with Gasteiger partial charge < -0.3 is 20.6 Å². The molecule has 18 heavy (non-hydrogen) atoms. The summed E-state index contributed by atoms with van der Waals surface area (Å²) in [5, 5.41) is 8.52. The molecule has 2 amide bonds. The van der Waals surface area contributed by atoms with Gasteiger partial charge in [0.05, 0.1) is 12.6 Å². The minimum atomic E-state index is -0.995. The monoisotopic (exact) mass is 259 g/mol. The third kappa shape index (κ3) is 5.62. The van der Waals surface area contributed by atoms with Gasteiger partial charge in [0.25, 0.3) is 0 Å². The second-order valence-corrected chi connectivity index (χ2v) is 4.18. The van der Waals surface area contributed by atoms with Crippen molar-refractivity contribution in [2.24, 2.45) is 5.73 Å². The van der Waals surface area contributed by atoms with Crippen LogP contribution < -0.4 is 5.73 Å². The molecule has 0 fully saturated rings. The van der Waals surface area contributed by atoms with E-state index in [2.05, 4.69) is 0 Å². The lowest BCUT2D eigenvalue weighted by Gasteiger charge is -2.24. The maximum absolute atomic E-state index is 11.9. The number of likely N-dealkylation sites (N-methyl/N-ethyl adjacent to an activating group) is 2. The van der Waals surface area contributed by atoms with Gasteiger partial charge in [0.1, 0.15) is 0 Å². The van der Waals surface area contributed by atoms with Gasteiger partial charge in [-0.05, 0) is 13.3 Å². The molecule has 0 aromatic carbocycles. The zero-order chi connectivity index (χ0) is 14.3. The van der Waals surface area contributed by atoms with E-state index >= 15 is 0 Å². The Kier molecular flexibility index (Phi) is 6.96. The minimum Gasteiger partial charge on any atom is -0.481 e. The van der Waals surface area contributed by atoms with Crippen LogP contribution in [0.25, 0.3) is 0 Å². The van der Waals surface area contributed by atoms with E-state index in [4.69, 9.17) is 10.8 Å². The zero-order valence-electron chi connectivity index (χ0n) is 11.0. The van der Waals surface area contributed by atoms with Crippen molar-refractivity contribution in [3.8, 4) is 0 Å². The van der Waals surface area contributed by atoms with E-state index in [1.165, 1.54) is 9.80 Å². The molecular formula is C11H21N3O4. The molecule has 1 unspecified atom stereocenters. The lowest BCUT2D eigenvalue weighted by molar-refractivity contribution is -0.141. The van der Waals surface area contributed by atoms with Crippen LogP contribution in [-0.4, -0.2) is 65.9 Å². The van der Waals surface area contributed by atoms with Gasteiger partial charge in [0.15, 0.2) is 0 Å². The van der Waals surface area contributed by atoms with Crippen molar-refractivity contribution < 1.29 is 19.5 Å². The van der Waals surface area contributed by atoms with Crippen LogP contribution in [0.2, 0.25) is 0 Å².